The molecule has 0 saturated heterocycles. The lowest BCUT2D eigenvalue weighted by molar-refractivity contribution is 0.102. The number of aromatic nitrogens is 1. The second kappa shape index (κ2) is 7.93. The predicted octanol–water partition coefficient (Wildman–Crippen LogP) is 7.05. The molecule has 0 fully saturated rings. The lowest BCUT2D eigenvalue weighted by atomic mass is 10.1. The Balaban J connectivity index is 1.62. The number of hydrogen-bond donors (Lipinski definition) is 2. The molecule has 0 unspecified atom stereocenters. The summed E-state index contributed by atoms with van der Waals surface area (Å²) in [5.41, 5.74) is 3.79. The van der Waals surface area contributed by atoms with Crippen LogP contribution in [0.1, 0.15) is 15.9 Å². The van der Waals surface area contributed by atoms with Crippen LogP contribution in [0.2, 0.25) is 0 Å². The van der Waals surface area contributed by atoms with Crippen molar-refractivity contribution in [2.75, 3.05) is 5.32 Å². The highest BCUT2D eigenvalue weighted by Gasteiger charge is 2.16. The molecule has 0 atom stereocenters. The number of phenolic OH excluding ortho intramolecular Hbond substituents is 1. The van der Waals surface area contributed by atoms with E-state index in [0.717, 1.165) is 20.0 Å². The number of carbonyl (C=O) groups excluding carboxylic acids is 1. The number of oxazole rings is 1. The first-order valence-corrected chi connectivity index (χ1v) is 10.9. The molecular weight excluding hydrogens is 568 g/mol. The van der Waals surface area contributed by atoms with Crippen LogP contribution < -0.4 is 5.32 Å². The van der Waals surface area contributed by atoms with Gasteiger partial charge in [0.1, 0.15) is 11.3 Å². The van der Waals surface area contributed by atoms with Gasteiger partial charge in [-0.25, -0.2) is 4.98 Å². The highest BCUT2D eigenvalue weighted by atomic mass is 79.9. The molecule has 8 heteroatoms. The van der Waals surface area contributed by atoms with Gasteiger partial charge in [0.25, 0.3) is 5.91 Å². The summed E-state index contributed by atoms with van der Waals surface area (Å²) in [6.07, 6.45) is 0. The number of hydrogen-bond acceptors (Lipinski definition) is 4. The zero-order valence-corrected chi connectivity index (χ0v) is 19.7. The largest absolute Gasteiger partial charge is 0.507 e. The van der Waals surface area contributed by atoms with E-state index in [4.69, 9.17) is 4.42 Å². The van der Waals surface area contributed by atoms with Crippen LogP contribution >= 0.6 is 47.8 Å². The van der Waals surface area contributed by atoms with Crippen molar-refractivity contribution < 1.29 is 14.3 Å². The van der Waals surface area contributed by atoms with Crippen LogP contribution in [-0.4, -0.2) is 16.0 Å². The Kier molecular flexibility index (Phi) is 5.50. The fraction of sp³-hybridized carbons (Fsp3) is 0.0476. The van der Waals surface area contributed by atoms with E-state index in [1.165, 1.54) is 6.07 Å². The van der Waals surface area contributed by atoms with E-state index in [9.17, 15) is 9.90 Å². The Morgan fingerprint density at radius 2 is 1.86 bits per heavy atom. The van der Waals surface area contributed by atoms with E-state index in [1.54, 1.807) is 18.2 Å². The third-order valence-corrected chi connectivity index (χ3v) is 6.74. The maximum atomic E-state index is 12.7. The van der Waals surface area contributed by atoms with Crippen LogP contribution in [0, 0.1) is 6.92 Å². The summed E-state index contributed by atoms with van der Waals surface area (Å²) in [6, 6.07) is 14.1. The van der Waals surface area contributed by atoms with Crippen LogP contribution in [0.15, 0.2) is 66.4 Å². The summed E-state index contributed by atoms with van der Waals surface area (Å²) in [5.74, 6) is -0.0384. The molecule has 0 spiro atoms. The van der Waals surface area contributed by atoms with Crippen molar-refractivity contribution in [2.45, 2.75) is 6.92 Å². The first-order valence-electron chi connectivity index (χ1n) is 8.48. The molecule has 1 heterocycles. The average molecular weight is 581 g/mol. The maximum absolute atomic E-state index is 12.7. The Hall–Kier alpha value is -2.16. The molecule has 3 aromatic carbocycles. The Morgan fingerprint density at radius 3 is 2.62 bits per heavy atom. The van der Waals surface area contributed by atoms with Gasteiger partial charge in [0.05, 0.1) is 11.1 Å². The molecule has 2 N–H and O–H groups in total. The highest BCUT2D eigenvalue weighted by molar-refractivity contribution is 9.13. The number of carbonyl (C=O) groups is 1. The number of aromatic hydroxyl groups is 1. The van der Waals surface area contributed by atoms with Gasteiger partial charge in [0, 0.05) is 25.2 Å². The smallest absolute Gasteiger partial charge is 0.256 e. The van der Waals surface area contributed by atoms with Crippen LogP contribution in [0.3, 0.4) is 0 Å². The number of aryl methyl sites for hydroxylation is 1. The Labute approximate surface area is 191 Å². The molecule has 146 valence electrons. The molecule has 1 aromatic heterocycles. The summed E-state index contributed by atoms with van der Waals surface area (Å²) in [7, 11) is 0. The van der Waals surface area contributed by atoms with Gasteiger partial charge in [-0.1, -0.05) is 22.0 Å². The summed E-state index contributed by atoms with van der Waals surface area (Å²) in [4.78, 5) is 17.1. The van der Waals surface area contributed by atoms with Gasteiger partial charge in [-0.2, -0.15) is 0 Å². The molecule has 5 nitrogen and oxygen atoms in total. The standard InChI is InChI=1S/C21H13Br3N2O3/c1-10-2-5-18-16(6-10)26-21(29-18)13-4-3-12(9-17(13)27)25-20(28)14-7-11(22)8-15(23)19(14)24/h2-9,27H,1H3,(H,25,28). The molecule has 0 aliphatic heterocycles. The van der Waals surface area contributed by atoms with Gasteiger partial charge in [-0.15, -0.1) is 0 Å². The minimum Gasteiger partial charge on any atom is -0.507 e. The van der Waals surface area contributed by atoms with Gasteiger partial charge < -0.3 is 14.8 Å². The van der Waals surface area contributed by atoms with Crippen molar-refractivity contribution in [3.05, 3.63) is 73.1 Å². The molecule has 0 radical (unpaired) electrons. The lowest BCUT2D eigenvalue weighted by Gasteiger charge is -2.10. The first-order chi connectivity index (χ1) is 13.8. The number of phenols is 1. The van der Waals surface area contributed by atoms with Gasteiger partial charge in [0.15, 0.2) is 5.58 Å². The van der Waals surface area contributed by atoms with Crippen molar-refractivity contribution >= 4 is 70.5 Å². The number of nitrogens with one attached hydrogen (secondary N) is 1. The second-order valence-electron chi connectivity index (χ2n) is 6.43. The SMILES string of the molecule is Cc1ccc2oc(-c3ccc(NC(=O)c4cc(Br)cc(Br)c4Br)cc3O)nc2c1. The normalized spacial score (nSPS) is 11.0. The summed E-state index contributed by atoms with van der Waals surface area (Å²) < 4.78 is 7.90. The van der Waals surface area contributed by atoms with Gasteiger partial charge in [0.2, 0.25) is 5.89 Å². The number of rotatable bonds is 3. The summed E-state index contributed by atoms with van der Waals surface area (Å²) in [5, 5.41) is 13.3. The van der Waals surface area contributed by atoms with Crippen molar-refractivity contribution in [3.8, 4) is 17.2 Å². The summed E-state index contributed by atoms with van der Waals surface area (Å²) >= 11 is 10.2. The Bertz CT molecular complexity index is 1270. The molecule has 29 heavy (non-hydrogen) atoms. The maximum Gasteiger partial charge on any atom is 0.256 e. The van der Waals surface area contributed by atoms with Gasteiger partial charge in [-0.05, 0) is 80.7 Å². The summed E-state index contributed by atoms with van der Waals surface area (Å²) in [6.45, 7) is 1.98. The van der Waals surface area contributed by atoms with Crippen molar-refractivity contribution in [1.82, 2.24) is 4.98 Å². The van der Waals surface area contributed by atoms with E-state index in [0.29, 0.717) is 32.8 Å². The average Bonchev–Trinajstić information content (AvgIpc) is 3.07. The number of halogens is 3. The zero-order chi connectivity index (χ0) is 20.7. The third-order valence-electron chi connectivity index (χ3n) is 4.27. The molecule has 4 aromatic rings. The molecule has 0 aliphatic rings. The van der Waals surface area contributed by atoms with E-state index in [2.05, 4.69) is 58.1 Å². The van der Waals surface area contributed by atoms with E-state index < -0.39 is 0 Å². The molecule has 4 rings (SSSR count). The van der Waals surface area contributed by atoms with Gasteiger partial charge >= 0.3 is 0 Å². The highest BCUT2D eigenvalue weighted by Crippen LogP contribution is 2.34. The molecule has 0 bridgehead atoms. The molecule has 0 saturated carbocycles. The van der Waals surface area contributed by atoms with Crippen LogP contribution in [0.5, 0.6) is 5.75 Å². The van der Waals surface area contributed by atoms with E-state index >= 15 is 0 Å². The van der Waals surface area contributed by atoms with Gasteiger partial charge in [-0.3, -0.25) is 4.79 Å². The number of benzene rings is 3. The fourth-order valence-corrected chi connectivity index (χ4v) is 4.50. The van der Waals surface area contributed by atoms with E-state index in [-0.39, 0.29) is 11.7 Å². The van der Waals surface area contributed by atoms with Crippen molar-refractivity contribution in [2.24, 2.45) is 0 Å². The lowest BCUT2D eigenvalue weighted by Crippen LogP contribution is -2.12. The van der Waals surface area contributed by atoms with Crippen molar-refractivity contribution in [3.63, 3.8) is 0 Å². The van der Waals surface area contributed by atoms with Crippen LogP contribution in [0.4, 0.5) is 5.69 Å². The number of anilines is 1. The molecule has 0 aliphatic carbocycles. The number of fused-ring (bicyclic) bond motifs is 1. The second-order valence-corrected chi connectivity index (χ2v) is 8.99. The zero-order valence-electron chi connectivity index (χ0n) is 15.0. The van der Waals surface area contributed by atoms with Crippen LogP contribution in [0.25, 0.3) is 22.6 Å². The first kappa shape index (κ1) is 20.1. The Morgan fingerprint density at radius 1 is 1.07 bits per heavy atom. The fourth-order valence-electron chi connectivity index (χ4n) is 2.86. The van der Waals surface area contributed by atoms with Crippen LogP contribution in [-0.2, 0) is 0 Å². The quantitative estimate of drug-likeness (QED) is 0.255. The predicted molar refractivity (Wildman–Crippen MR) is 123 cm³/mol. The number of amides is 1. The number of nitrogens with zero attached hydrogens (tertiary/aromatic N) is 1. The minimum absolute atomic E-state index is 0.0411. The third kappa shape index (κ3) is 4.10. The minimum atomic E-state index is -0.316. The molecular formula is C21H13Br3N2O3. The van der Waals surface area contributed by atoms with E-state index in [1.807, 2.05) is 31.2 Å². The monoisotopic (exact) mass is 578 g/mol. The van der Waals surface area contributed by atoms with Crippen molar-refractivity contribution in [1.29, 1.82) is 0 Å². The molecule has 1 amide bonds. The topological polar surface area (TPSA) is 75.4 Å².